The van der Waals surface area contributed by atoms with Crippen LogP contribution in [0.1, 0.15) is 46.4 Å². The zero-order valence-electron chi connectivity index (χ0n) is 11.5. The maximum absolute atomic E-state index is 9.43. The van der Waals surface area contributed by atoms with Crippen LogP contribution in [-0.2, 0) is 0 Å². The molecule has 17 heavy (non-hydrogen) atoms. The molecular weight excluding hydrogens is 212 g/mol. The van der Waals surface area contributed by atoms with Gasteiger partial charge in [-0.1, -0.05) is 13.8 Å². The number of rotatable bonds is 5. The molecule has 0 amide bonds. The number of hydrogen-bond acceptors (Lipinski definition) is 3. The molecule has 3 heteroatoms. The summed E-state index contributed by atoms with van der Waals surface area (Å²) in [5.41, 5.74) is 1.85. The summed E-state index contributed by atoms with van der Waals surface area (Å²) in [7, 11) is 0. The normalized spacial score (nSPS) is 13.2. The Balaban J connectivity index is 2.87. The average Bonchev–Trinajstić information content (AvgIpc) is 2.25. The summed E-state index contributed by atoms with van der Waals surface area (Å²) < 4.78 is 0. The first-order valence-electron chi connectivity index (χ1n) is 6.32. The number of anilines is 1. The molecule has 1 rings (SSSR count). The molecule has 1 aromatic rings. The standard InChI is InChI=1S/C14H24N2O/c1-10(2)9-16(11(3)4)13-6-7-14(12(5)17)15-8-13/h6-8,10-12,17H,9H2,1-5H3/t12-/m1/s1. The van der Waals surface area contributed by atoms with Crippen LogP contribution in [-0.4, -0.2) is 22.7 Å². The van der Waals surface area contributed by atoms with Crippen molar-refractivity contribution in [1.82, 2.24) is 4.98 Å². The molecule has 0 saturated heterocycles. The van der Waals surface area contributed by atoms with Crippen LogP contribution in [0.25, 0.3) is 0 Å². The van der Waals surface area contributed by atoms with Gasteiger partial charge in [-0.3, -0.25) is 4.98 Å². The van der Waals surface area contributed by atoms with Crippen molar-refractivity contribution in [1.29, 1.82) is 0 Å². The van der Waals surface area contributed by atoms with Gasteiger partial charge in [-0.15, -0.1) is 0 Å². The van der Waals surface area contributed by atoms with E-state index in [0.717, 1.165) is 17.9 Å². The van der Waals surface area contributed by atoms with Gasteiger partial charge >= 0.3 is 0 Å². The van der Waals surface area contributed by atoms with E-state index in [-0.39, 0.29) is 0 Å². The molecule has 0 spiro atoms. The van der Waals surface area contributed by atoms with Crippen LogP contribution in [0.2, 0.25) is 0 Å². The first-order valence-corrected chi connectivity index (χ1v) is 6.32. The Bertz CT molecular complexity index is 331. The number of hydrogen-bond donors (Lipinski definition) is 1. The predicted octanol–water partition coefficient (Wildman–Crippen LogP) is 3.01. The average molecular weight is 236 g/mol. The Hall–Kier alpha value is -1.09. The monoisotopic (exact) mass is 236 g/mol. The number of nitrogens with zero attached hydrogens (tertiary/aromatic N) is 2. The number of pyridine rings is 1. The highest BCUT2D eigenvalue weighted by Crippen LogP contribution is 2.19. The van der Waals surface area contributed by atoms with Crippen molar-refractivity contribution in [3.05, 3.63) is 24.0 Å². The molecule has 0 radical (unpaired) electrons. The van der Waals surface area contributed by atoms with Gasteiger partial charge in [-0.05, 0) is 38.8 Å². The maximum atomic E-state index is 9.43. The van der Waals surface area contributed by atoms with Crippen LogP contribution >= 0.6 is 0 Å². The molecular formula is C14H24N2O. The second kappa shape index (κ2) is 6.01. The molecule has 0 aliphatic rings. The zero-order valence-corrected chi connectivity index (χ0v) is 11.5. The minimum Gasteiger partial charge on any atom is -0.387 e. The Labute approximate surface area is 104 Å². The van der Waals surface area contributed by atoms with Gasteiger partial charge in [0, 0.05) is 12.6 Å². The van der Waals surface area contributed by atoms with Crippen molar-refractivity contribution in [3.8, 4) is 0 Å². The van der Waals surface area contributed by atoms with Crippen molar-refractivity contribution in [2.24, 2.45) is 5.92 Å². The minimum atomic E-state index is -0.498. The van der Waals surface area contributed by atoms with E-state index in [1.807, 2.05) is 18.3 Å². The lowest BCUT2D eigenvalue weighted by atomic mass is 10.1. The van der Waals surface area contributed by atoms with Crippen molar-refractivity contribution < 1.29 is 5.11 Å². The Morgan fingerprint density at radius 2 is 1.82 bits per heavy atom. The van der Waals surface area contributed by atoms with Gasteiger partial charge in [-0.25, -0.2) is 0 Å². The van der Waals surface area contributed by atoms with Crippen molar-refractivity contribution in [2.75, 3.05) is 11.4 Å². The molecule has 0 bridgehead atoms. The first kappa shape index (κ1) is 14.0. The lowest BCUT2D eigenvalue weighted by Crippen LogP contribution is -2.34. The molecule has 0 fully saturated rings. The highest BCUT2D eigenvalue weighted by molar-refractivity contribution is 5.45. The van der Waals surface area contributed by atoms with E-state index in [1.54, 1.807) is 6.92 Å². The van der Waals surface area contributed by atoms with Crippen LogP contribution in [0, 0.1) is 5.92 Å². The smallest absolute Gasteiger partial charge is 0.0931 e. The fourth-order valence-electron chi connectivity index (χ4n) is 1.82. The highest BCUT2D eigenvalue weighted by atomic mass is 16.3. The highest BCUT2D eigenvalue weighted by Gasteiger charge is 2.13. The fourth-order valence-corrected chi connectivity index (χ4v) is 1.82. The quantitative estimate of drug-likeness (QED) is 0.853. The SMILES string of the molecule is CC(C)CN(c1ccc([C@@H](C)O)nc1)C(C)C. The van der Waals surface area contributed by atoms with Gasteiger partial charge in [0.1, 0.15) is 0 Å². The van der Waals surface area contributed by atoms with E-state index in [0.29, 0.717) is 12.0 Å². The third-order valence-electron chi connectivity index (χ3n) is 2.72. The molecule has 1 aromatic heterocycles. The molecule has 0 unspecified atom stereocenters. The summed E-state index contributed by atoms with van der Waals surface area (Å²) in [6.45, 7) is 11.6. The lowest BCUT2D eigenvalue weighted by molar-refractivity contribution is 0.194. The number of aromatic nitrogens is 1. The molecule has 0 aromatic carbocycles. The van der Waals surface area contributed by atoms with Crippen LogP contribution in [0.4, 0.5) is 5.69 Å². The second-order valence-electron chi connectivity index (χ2n) is 5.26. The molecule has 0 saturated carbocycles. The van der Waals surface area contributed by atoms with E-state index in [2.05, 4.69) is 37.6 Å². The summed E-state index contributed by atoms with van der Waals surface area (Å²) in [6, 6.07) is 4.39. The zero-order chi connectivity index (χ0) is 13.0. The summed E-state index contributed by atoms with van der Waals surface area (Å²) in [5, 5.41) is 9.43. The largest absolute Gasteiger partial charge is 0.387 e. The first-order chi connectivity index (χ1) is 7.91. The minimum absolute atomic E-state index is 0.455. The topological polar surface area (TPSA) is 36.4 Å². The lowest BCUT2D eigenvalue weighted by Gasteiger charge is -2.30. The fraction of sp³-hybridized carbons (Fsp3) is 0.643. The Morgan fingerprint density at radius 3 is 2.18 bits per heavy atom. The van der Waals surface area contributed by atoms with Crippen LogP contribution in [0.3, 0.4) is 0 Å². The van der Waals surface area contributed by atoms with E-state index in [9.17, 15) is 5.11 Å². The third kappa shape index (κ3) is 4.00. The van der Waals surface area contributed by atoms with Gasteiger partial charge in [0.25, 0.3) is 0 Å². The predicted molar refractivity (Wildman–Crippen MR) is 72.2 cm³/mol. The van der Waals surface area contributed by atoms with E-state index in [1.165, 1.54) is 0 Å². The van der Waals surface area contributed by atoms with E-state index >= 15 is 0 Å². The molecule has 1 N–H and O–H groups in total. The Morgan fingerprint density at radius 1 is 1.18 bits per heavy atom. The van der Waals surface area contributed by atoms with Crippen molar-refractivity contribution in [2.45, 2.75) is 46.8 Å². The van der Waals surface area contributed by atoms with E-state index < -0.39 is 6.10 Å². The van der Waals surface area contributed by atoms with Gasteiger partial charge in [-0.2, -0.15) is 0 Å². The van der Waals surface area contributed by atoms with Gasteiger partial charge < -0.3 is 10.0 Å². The molecule has 0 aliphatic carbocycles. The van der Waals surface area contributed by atoms with E-state index in [4.69, 9.17) is 0 Å². The summed E-state index contributed by atoms with van der Waals surface area (Å²) in [5.74, 6) is 0.619. The molecule has 1 heterocycles. The third-order valence-corrected chi connectivity index (χ3v) is 2.72. The van der Waals surface area contributed by atoms with Crippen LogP contribution in [0.15, 0.2) is 18.3 Å². The van der Waals surface area contributed by atoms with Crippen LogP contribution < -0.4 is 4.90 Å². The summed E-state index contributed by atoms with van der Waals surface area (Å²) in [6.07, 6.45) is 1.35. The molecule has 96 valence electrons. The summed E-state index contributed by atoms with van der Waals surface area (Å²) in [4.78, 5) is 6.63. The van der Waals surface area contributed by atoms with Gasteiger partial charge in [0.15, 0.2) is 0 Å². The maximum Gasteiger partial charge on any atom is 0.0931 e. The summed E-state index contributed by atoms with van der Waals surface area (Å²) >= 11 is 0. The molecule has 1 atom stereocenters. The Kier molecular flexibility index (Phi) is 4.94. The van der Waals surface area contributed by atoms with Crippen molar-refractivity contribution in [3.63, 3.8) is 0 Å². The molecule has 3 nitrogen and oxygen atoms in total. The van der Waals surface area contributed by atoms with Crippen LogP contribution in [0.5, 0.6) is 0 Å². The van der Waals surface area contributed by atoms with Gasteiger partial charge in [0.2, 0.25) is 0 Å². The van der Waals surface area contributed by atoms with Crippen molar-refractivity contribution >= 4 is 5.69 Å². The molecule has 0 aliphatic heterocycles. The van der Waals surface area contributed by atoms with Gasteiger partial charge in [0.05, 0.1) is 23.7 Å². The second-order valence-corrected chi connectivity index (χ2v) is 5.26. The number of aliphatic hydroxyl groups is 1. The number of aliphatic hydroxyl groups excluding tert-OH is 1.